The van der Waals surface area contributed by atoms with Crippen molar-refractivity contribution >= 4 is 6.03 Å². The van der Waals surface area contributed by atoms with Gasteiger partial charge in [0.15, 0.2) is 11.5 Å². The lowest BCUT2D eigenvalue weighted by Gasteiger charge is -2.33. The molecule has 2 aliphatic rings. The lowest BCUT2D eigenvalue weighted by Crippen LogP contribution is -2.53. The summed E-state index contributed by atoms with van der Waals surface area (Å²) in [6.45, 7) is 4.29. The van der Waals surface area contributed by atoms with Gasteiger partial charge >= 0.3 is 6.03 Å². The molecular weight excluding hydrogens is 284 g/mol. The molecule has 1 saturated heterocycles. The molecule has 22 heavy (non-hydrogen) atoms. The first-order chi connectivity index (χ1) is 10.7. The Morgan fingerprint density at radius 1 is 1.45 bits per heavy atom. The van der Waals surface area contributed by atoms with Crippen molar-refractivity contribution in [3.05, 3.63) is 23.8 Å². The predicted octanol–water partition coefficient (Wildman–Crippen LogP) is 1.43. The van der Waals surface area contributed by atoms with Gasteiger partial charge < -0.3 is 24.4 Å². The van der Waals surface area contributed by atoms with Crippen molar-refractivity contribution in [3.8, 4) is 11.5 Å². The van der Waals surface area contributed by atoms with Crippen LogP contribution in [0.1, 0.15) is 12.5 Å². The average Bonchev–Trinajstić information content (AvgIpc) is 2.54. The third-order valence-electron chi connectivity index (χ3n) is 4.03. The van der Waals surface area contributed by atoms with Crippen LogP contribution < -0.4 is 14.8 Å². The molecular formula is C16H22N2O4. The van der Waals surface area contributed by atoms with Crippen LogP contribution in [0.25, 0.3) is 0 Å². The molecule has 0 aromatic heterocycles. The van der Waals surface area contributed by atoms with Crippen LogP contribution in [0.4, 0.5) is 4.79 Å². The molecule has 2 atom stereocenters. The molecule has 0 radical (unpaired) electrons. The smallest absolute Gasteiger partial charge is 0.317 e. The van der Waals surface area contributed by atoms with E-state index in [-0.39, 0.29) is 18.2 Å². The summed E-state index contributed by atoms with van der Waals surface area (Å²) in [6, 6.07) is 5.76. The van der Waals surface area contributed by atoms with E-state index in [9.17, 15) is 4.79 Å². The number of benzene rings is 1. The molecule has 3 rings (SSSR count). The largest absolute Gasteiger partial charge is 0.493 e. The van der Waals surface area contributed by atoms with Gasteiger partial charge in [-0.15, -0.1) is 0 Å². The van der Waals surface area contributed by atoms with Crippen molar-refractivity contribution in [2.75, 3.05) is 33.4 Å². The van der Waals surface area contributed by atoms with Crippen molar-refractivity contribution in [2.24, 2.45) is 0 Å². The maximum absolute atomic E-state index is 12.3. The zero-order valence-corrected chi connectivity index (χ0v) is 13.0. The van der Waals surface area contributed by atoms with E-state index in [0.29, 0.717) is 26.3 Å². The number of carbonyl (C=O) groups is 1. The molecule has 0 unspecified atom stereocenters. The van der Waals surface area contributed by atoms with Crippen LogP contribution in [0.2, 0.25) is 0 Å². The van der Waals surface area contributed by atoms with E-state index in [1.165, 1.54) is 0 Å². The average molecular weight is 306 g/mol. The molecule has 0 bridgehead atoms. The minimum atomic E-state index is -0.0462. The van der Waals surface area contributed by atoms with E-state index >= 15 is 0 Å². The molecule has 6 nitrogen and oxygen atoms in total. The third-order valence-corrected chi connectivity index (χ3v) is 4.03. The molecule has 2 heterocycles. The molecule has 1 aromatic rings. The number of nitrogens with zero attached hydrogens (tertiary/aromatic N) is 1. The highest BCUT2D eigenvalue weighted by atomic mass is 16.5. The van der Waals surface area contributed by atoms with E-state index < -0.39 is 0 Å². The first-order valence-electron chi connectivity index (χ1n) is 7.63. The van der Waals surface area contributed by atoms with Crippen molar-refractivity contribution in [3.63, 3.8) is 0 Å². The van der Waals surface area contributed by atoms with Gasteiger partial charge in [0.05, 0.1) is 25.9 Å². The SMILES string of the molecule is COc1cccc2c1OC[C@@H](NC(=O)N1CCO[C@H](C)C1)C2. The number of amides is 2. The topological polar surface area (TPSA) is 60.0 Å². The molecule has 0 spiro atoms. The number of ether oxygens (including phenoxy) is 3. The number of urea groups is 1. The van der Waals surface area contributed by atoms with E-state index in [1.54, 1.807) is 12.0 Å². The Kier molecular flexibility index (Phi) is 4.38. The van der Waals surface area contributed by atoms with E-state index in [0.717, 1.165) is 23.5 Å². The lowest BCUT2D eigenvalue weighted by atomic mass is 10.0. The summed E-state index contributed by atoms with van der Waals surface area (Å²) < 4.78 is 16.5. The molecule has 2 amide bonds. The maximum atomic E-state index is 12.3. The Morgan fingerprint density at radius 2 is 2.32 bits per heavy atom. The second-order valence-electron chi connectivity index (χ2n) is 5.74. The Hall–Kier alpha value is -1.95. The van der Waals surface area contributed by atoms with Gasteiger partial charge in [-0.2, -0.15) is 0 Å². The van der Waals surface area contributed by atoms with Crippen molar-refractivity contribution in [1.82, 2.24) is 10.2 Å². The third kappa shape index (κ3) is 3.11. The van der Waals surface area contributed by atoms with Crippen LogP contribution in [-0.2, 0) is 11.2 Å². The van der Waals surface area contributed by atoms with Gasteiger partial charge in [-0.05, 0) is 19.4 Å². The monoisotopic (exact) mass is 306 g/mol. The first kappa shape index (κ1) is 15.0. The highest BCUT2D eigenvalue weighted by Crippen LogP contribution is 2.34. The fraction of sp³-hybridized carbons (Fsp3) is 0.562. The number of hydrogen-bond acceptors (Lipinski definition) is 4. The first-order valence-corrected chi connectivity index (χ1v) is 7.63. The van der Waals surface area contributed by atoms with E-state index in [4.69, 9.17) is 14.2 Å². The van der Waals surface area contributed by atoms with E-state index in [2.05, 4.69) is 5.32 Å². The number of fused-ring (bicyclic) bond motifs is 1. The van der Waals surface area contributed by atoms with Gasteiger partial charge in [-0.25, -0.2) is 4.79 Å². The fourth-order valence-corrected chi connectivity index (χ4v) is 2.92. The maximum Gasteiger partial charge on any atom is 0.317 e. The van der Waals surface area contributed by atoms with Crippen LogP contribution in [0, 0.1) is 0 Å². The number of methoxy groups -OCH3 is 1. The molecule has 1 aromatic carbocycles. The summed E-state index contributed by atoms with van der Waals surface area (Å²) in [7, 11) is 1.63. The minimum Gasteiger partial charge on any atom is -0.493 e. The van der Waals surface area contributed by atoms with Gasteiger partial charge in [-0.1, -0.05) is 12.1 Å². The Bertz CT molecular complexity index is 549. The minimum absolute atomic E-state index is 0.0229. The van der Waals surface area contributed by atoms with Gasteiger partial charge in [0.2, 0.25) is 0 Å². The zero-order valence-electron chi connectivity index (χ0n) is 13.0. The molecule has 0 aliphatic carbocycles. The quantitative estimate of drug-likeness (QED) is 0.898. The summed E-state index contributed by atoms with van der Waals surface area (Å²) in [6.07, 6.45) is 0.838. The summed E-state index contributed by atoms with van der Waals surface area (Å²) in [4.78, 5) is 14.1. The molecule has 6 heteroatoms. The number of carbonyl (C=O) groups excluding carboxylic acids is 1. The van der Waals surface area contributed by atoms with Crippen LogP contribution in [0.3, 0.4) is 0 Å². The van der Waals surface area contributed by atoms with Gasteiger partial charge in [-0.3, -0.25) is 0 Å². The second kappa shape index (κ2) is 6.44. The lowest BCUT2D eigenvalue weighted by molar-refractivity contribution is -0.00416. The van der Waals surface area contributed by atoms with Crippen LogP contribution in [-0.4, -0.2) is 56.5 Å². The molecule has 0 saturated carbocycles. The van der Waals surface area contributed by atoms with Crippen LogP contribution in [0.15, 0.2) is 18.2 Å². The van der Waals surface area contributed by atoms with Gasteiger partial charge in [0.25, 0.3) is 0 Å². The molecule has 1 N–H and O–H groups in total. The Balaban J connectivity index is 1.61. The summed E-state index contributed by atoms with van der Waals surface area (Å²) in [5.74, 6) is 1.53. The molecule has 120 valence electrons. The van der Waals surface area contributed by atoms with Crippen LogP contribution in [0.5, 0.6) is 11.5 Å². The standard InChI is InChI=1S/C16H22N2O4/c1-11-9-18(6-7-21-11)16(19)17-13-8-12-4-3-5-14(20-2)15(12)22-10-13/h3-5,11,13H,6-10H2,1-2H3,(H,17,19)/t11-,13+/m1/s1. The molecule has 2 aliphatic heterocycles. The van der Waals surface area contributed by atoms with Gasteiger partial charge in [0, 0.05) is 18.7 Å². The summed E-state index contributed by atoms with van der Waals surface area (Å²) in [5.41, 5.74) is 1.06. The number of para-hydroxylation sites is 1. The number of rotatable bonds is 2. The highest BCUT2D eigenvalue weighted by molar-refractivity contribution is 5.74. The Labute approximate surface area is 130 Å². The Morgan fingerprint density at radius 3 is 3.09 bits per heavy atom. The highest BCUT2D eigenvalue weighted by Gasteiger charge is 2.27. The van der Waals surface area contributed by atoms with E-state index in [1.807, 2.05) is 25.1 Å². The second-order valence-corrected chi connectivity index (χ2v) is 5.74. The van der Waals surface area contributed by atoms with Crippen molar-refractivity contribution < 1.29 is 19.0 Å². The zero-order chi connectivity index (χ0) is 15.5. The normalized spacial score (nSPS) is 24.2. The van der Waals surface area contributed by atoms with Crippen molar-refractivity contribution in [2.45, 2.75) is 25.5 Å². The predicted molar refractivity (Wildman–Crippen MR) is 81.5 cm³/mol. The number of morpholine rings is 1. The number of nitrogens with one attached hydrogen (secondary N) is 1. The summed E-state index contributed by atoms with van der Waals surface area (Å²) >= 11 is 0. The molecule has 1 fully saturated rings. The fourth-order valence-electron chi connectivity index (χ4n) is 2.92. The van der Waals surface area contributed by atoms with Crippen molar-refractivity contribution in [1.29, 1.82) is 0 Å². The van der Waals surface area contributed by atoms with Crippen LogP contribution >= 0.6 is 0 Å². The number of hydrogen-bond donors (Lipinski definition) is 1. The summed E-state index contributed by atoms with van der Waals surface area (Å²) in [5, 5.41) is 3.05. The van der Waals surface area contributed by atoms with Gasteiger partial charge in [0.1, 0.15) is 6.61 Å².